The molecule has 0 spiro atoms. The van der Waals surface area contributed by atoms with Crippen LogP contribution in [-0.4, -0.2) is 10.9 Å². The Morgan fingerprint density at radius 1 is 0.926 bits per heavy atom. The van der Waals surface area contributed by atoms with E-state index >= 15 is 0 Å². The molecule has 0 radical (unpaired) electrons. The van der Waals surface area contributed by atoms with Gasteiger partial charge in [0.2, 0.25) is 5.91 Å². The van der Waals surface area contributed by atoms with Crippen molar-refractivity contribution in [1.82, 2.24) is 4.98 Å². The maximum atomic E-state index is 12.1. The van der Waals surface area contributed by atoms with E-state index in [2.05, 4.69) is 15.6 Å². The van der Waals surface area contributed by atoms with Gasteiger partial charge in [0, 0.05) is 5.41 Å². The van der Waals surface area contributed by atoms with Gasteiger partial charge in [0.25, 0.3) is 0 Å². The second kappa shape index (κ2) is 7.91. The second-order valence-electron chi connectivity index (χ2n) is 7.17. The molecule has 27 heavy (non-hydrogen) atoms. The Morgan fingerprint density at radius 2 is 1.63 bits per heavy atom. The van der Waals surface area contributed by atoms with Crippen molar-refractivity contribution in [2.75, 3.05) is 10.6 Å². The van der Waals surface area contributed by atoms with Crippen molar-refractivity contribution in [2.45, 2.75) is 20.8 Å². The van der Waals surface area contributed by atoms with Gasteiger partial charge in [0.15, 0.2) is 5.75 Å². The van der Waals surface area contributed by atoms with Gasteiger partial charge in [0.05, 0.1) is 17.6 Å². The number of ether oxygens (including phenoxy) is 1. The molecule has 1 heterocycles. The summed E-state index contributed by atoms with van der Waals surface area (Å²) in [6.45, 7) is 5.61. The Bertz CT molecular complexity index is 901. The molecule has 0 saturated carbocycles. The lowest BCUT2D eigenvalue weighted by Gasteiger charge is -2.17. The summed E-state index contributed by atoms with van der Waals surface area (Å²) < 4.78 is 5.95. The lowest BCUT2D eigenvalue weighted by atomic mass is 9.96. The van der Waals surface area contributed by atoms with Crippen LogP contribution in [0, 0.1) is 5.41 Å². The summed E-state index contributed by atoms with van der Waals surface area (Å²) in [5, 5.41) is 6.12. The molecule has 0 saturated heterocycles. The molecule has 2 N–H and O–H groups in total. The third kappa shape index (κ3) is 5.07. The summed E-state index contributed by atoms with van der Waals surface area (Å²) in [7, 11) is 0. The maximum Gasteiger partial charge on any atom is 0.229 e. The summed E-state index contributed by atoms with van der Waals surface area (Å²) >= 11 is 0. The molecule has 1 amide bonds. The third-order valence-corrected chi connectivity index (χ3v) is 3.82. The van der Waals surface area contributed by atoms with Crippen LogP contribution in [0.15, 0.2) is 72.9 Å². The fourth-order valence-corrected chi connectivity index (χ4v) is 2.27. The van der Waals surface area contributed by atoms with Crippen LogP contribution in [0.2, 0.25) is 0 Å². The largest absolute Gasteiger partial charge is 0.455 e. The van der Waals surface area contributed by atoms with Gasteiger partial charge in [-0.15, -0.1) is 0 Å². The highest BCUT2D eigenvalue weighted by Crippen LogP contribution is 2.31. The number of anilines is 3. The molecular formula is C22H23N3O2. The van der Waals surface area contributed by atoms with Crippen molar-refractivity contribution in [1.29, 1.82) is 0 Å². The number of nitrogens with one attached hydrogen (secondary N) is 2. The van der Waals surface area contributed by atoms with Gasteiger partial charge in [0.1, 0.15) is 11.6 Å². The van der Waals surface area contributed by atoms with E-state index in [1.54, 1.807) is 6.20 Å². The minimum atomic E-state index is -0.454. The van der Waals surface area contributed by atoms with Crippen LogP contribution >= 0.6 is 0 Å². The Morgan fingerprint density at radius 3 is 2.30 bits per heavy atom. The highest BCUT2D eigenvalue weighted by atomic mass is 16.5. The molecule has 0 fully saturated rings. The second-order valence-corrected chi connectivity index (χ2v) is 7.17. The summed E-state index contributed by atoms with van der Waals surface area (Å²) in [4.78, 5) is 16.4. The number of rotatable bonds is 5. The summed E-state index contributed by atoms with van der Waals surface area (Å²) in [5.41, 5.74) is 1.01. The number of para-hydroxylation sites is 3. The van der Waals surface area contributed by atoms with E-state index in [0.717, 1.165) is 11.4 Å². The first-order valence-electron chi connectivity index (χ1n) is 8.78. The summed E-state index contributed by atoms with van der Waals surface area (Å²) in [6, 6.07) is 20.9. The molecule has 0 aliphatic heterocycles. The van der Waals surface area contributed by atoms with Gasteiger partial charge >= 0.3 is 0 Å². The number of carbonyl (C=O) groups excluding carboxylic acids is 1. The molecule has 138 valence electrons. The zero-order valence-corrected chi connectivity index (χ0v) is 15.7. The molecule has 0 unspecified atom stereocenters. The van der Waals surface area contributed by atoms with Gasteiger partial charge in [-0.3, -0.25) is 4.79 Å². The predicted octanol–water partition coefficient (Wildman–Crippen LogP) is 5.60. The van der Waals surface area contributed by atoms with Crippen molar-refractivity contribution in [3.63, 3.8) is 0 Å². The molecule has 0 aliphatic rings. The molecule has 2 aromatic carbocycles. The van der Waals surface area contributed by atoms with Crippen LogP contribution in [0.25, 0.3) is 0 Å². The van der Waals surface area contributed by atoms with Crippen molar-refractivity contribution >= 4 is 23.1 Å². The van der Waals surface area contributed by atoms with Gasteiger partial charge < -0.3 is 15.4 Å². The van der Waals surface area contributed by atoms with Gasteiger partial charge in [-0.1, -0.05) is 51.1 Å². The van der Waals surface area contributed by atoms with E-state index < -0.39 is 5.41 Å². The molecule has 5 heteroatoms. The molecule has 0 bridgehead atoms. The zero-order valence-electron chi connectivity index (χ0n) is 15.7. The molecule has 0 aliphatic carbocycles. The topological polar surface area (TPSA) is 63.2 Å². The molecule has 3 aromatic rings. The Kier molecular flexibility index (Phi) is 5.41. The smallest absolute Gasteiger partial charge is 0.229 e. The van der Waals surface area contributed by atoms with E-state index in [1.807, 2.05) is 87.5 Å². The molecular weight excluding hydrogens is 338 g/mol. The van der Waals surface area contributed by atoms with Crippen LogP contribution in [0.1, 0.15) is 20.8 Å². The Balaban J connectivity index is 1.72. The fraction of sp³-hybridized carbons (Fsp3) is 0.182. The van der Waals surface area contributed by atoms with Crippen LogP contribution in [0.3, 0.4) is 0 Å². The quantitative estimate of drug-likeness (QED) is 0.621. The van der Waals surface area contributed by atoms with E-state index in [1.165, 1.54) is 0 Å². The minimum Gasteiger partial charge on any atom is -0.455 e. The Labute approximate surface area is 159 Å². The third-order valence-electron chi connectivity index (χ3n) is 3.82. The molecule has 0 atom stereocenters. The number of nitrogens with zero attached hydrogens (tertiary/aromatic N) is 1. The van der Waals surface area contributed by atoms with Crippen molar-refractivity contribution in [3.8, 4) is 11.5 Å². The minimum absolute atomic E-state index is 0.0494. The maximum absolute atomic E-state index is 12.1. The number of benzene rings is 2. The van der Waals surface area contributed by atoms with Crippen molar-refractivity contribution < 1.29 is 9.53 Å². The van der Waals surface area contributed by atoms with E-state index in [-0.39, 0.29) is 5.91 Å². The van der Waals surface area contributed by atoms with Crippen LogP contribution in [0.5, 0.6) is 11.5 Å². The van der Waals surface area contributed by atoms with Crippen molar-refractivity contribution in [2.24, 2.45) is 5.41 Å². The number of amides is 1. The van der Waals surface area contributed by atoms with E-state index in [0.29, 0.717) is 17.3 Å². The van der Waals surface area contributed by atoms with Crippen molar-refractivity contribution in [3.05, 3.63) is 72.9 Å². The zero-order chi connectivity index (χ0) is 19.3. The number of carbonyl (C=O) groups is 1. The number of hydrogen-bond acceptors (Lipinski definition) is 4. The summed E-state index contributed by atoms with van der Waals surface area (Å²) in [6.07, 6.45) is 1.63. The number of hydrogen-bond donors (Lipinski definition) is 2. The first-order valence-corrected chi connectivity index (χ1v) is 8.78. The normalized spacial score (nSPS) is 10.9. The van der Waals surface area contributed by atoms with Crippen LogP contribution in [0.4, 0.5) is 17.2 Å². The number of pyridine rings is 1. The SMILES string of the molecule is CC(C)(C)C(=O)Nc1ccc(Nc2ccccc2Oc2ccccc2)nc1. The first kappa shape index (κ1) is 18.5. The average molecular weight is 361 g/mol. The van der Waals surface area contributed by atoms with Crippen LogP contribution in [-0.2, 0) is 4.79 Å². The predicted molar refractivity (Wildman–Crippen MR) is 109 cm³/mol. The van der Waals surface area contributed by atoms with Gasteiger partial charge in [-0.05, 0) is 36.4 Å². The monoisotopic (exact) mass is 361 g/mol. The molecule has 5 nitrogen and oxygen atoms in total. The first-order chi connectivity index (χ1) is 12.9. The summed E-state index contributed by atoms with van der Waals surface area (Å²) in [5.74, 6) is 2.08. The standard InChI is InChI=1S/C22H23N3O2/c1-22(2,3)21(26)24-16-13-14-20(23-15-16)25-18-11-7-8-12-19(18)27-17-9-5-4-6-10-17/h4-15H,1-3H3,(H,23,25)(H,24,26). The average Bonchev–Trinajstić information content (AvgIpc) is 2.65. The van der Waals surface area contributed by atoms with Crippen LogP contribution < -0.4 is 15.4 Å². The van der Waals surface area contributed by atoms with E-state index in [9.17, 15) is 4.79 Å². The lowest BCUT2D eigenvalue weighted by molar-refractivity contribution is -0.123. The van der Waals surface area contributed by atoms with Gasteiger partial charge in [-0.25, -0.2) is 4.98 Å². The molecule has 3 rings (SSSR count). The number of aromatic nitrogens is 1. The fourth-order valence-electron chi connectivity index (χ4n) is 2.27. The Hall–Kier alpha value is -3.34. The highest BCUT2D eigenvalue weighted by Gasteiger charge is 2.21. The van der Waals surface area contributed by atoms with Gasteiger partial charge in [-0.2, -0.15) is 0 Å². The lowest BCUT2D eigenvalue weighted by Crippen LogP contribution is -2.27. The van der Waals surface area contributed by atoms with E-state index in [4.69, 9.17) is 4.74 Å². The molecule has 1 aromatic heterocycles. The highest BCUT2D eigenvalue weighted by molar-refractivity contribution is 5.94.